The highest BCUT2D eigenvalue weighted by molar-refractivity contribution is 5.98. The normalized spacial score (nSPS) is 20.3. The van der Waals surface area contributed by atoms with Crippen LogP contribution in [0.25, 0.3) is 0 Å². The number of carboxylic acid groups (broad SMARTS) is 1. The average Bonchev–Trinajstić information content (AvgIpc) is 2.95. The molecule has 6 nitrogen and oxygen atoms in total. The van der Waals surface area contributed by atoms with Crippen molar-refractivity contribution in [2.75, 3.05) is 0 Å². The molecule has 0 heterocycles. The van der Waals surface area contributed by atoms with Crippen LogP contribution in [-0.4, -0.2) is 35.0 Å². The van der Waals surface area contributed by atoms with E-state index in [9.17, 15) is 14.4 Å². The van der Waals surface area contributed by atoms with Crippen LogP contribution in [0.1, 0.15) is 53.8 Å². The van der Waals surface area contributed by atoms with Gasteiger partial charge in [-0.2, -0.15) is 0 Å². The molecular weight excluding hydrogens is 296 g/mol. The zero-order chi connectivity index (χ0) is 17.0. The van der Waals surface area contributed by atoms with Crippen LogP contribution in [0.4, 0.5) is 0 Å². The minimum atomic E-state index is -0.803. The molecule has 0 bridgehead atoms. The molecule has 2 amide bonds. The van der Waals surface area contributed by atoms with Crippen molar-refractivity contribution in [2.24, 2.45) is 5.92 Å². The Bertz CT molecular complexity index is 595. The summed E-state index contributed by atoms with van der Waals surface area (Å²) in [5.74, 6) is -1.59. The van der Waals surface area contributed by atoms with Crippen molar-refractivity contribution in [3.8, 4) is 0 Å². The number of hydrogen-bond acceptors (Lipinski definition) is 3. The van der Waals surface area contributed by atoms with Crippen molar-refractivity contribution in [1.29, 1.82) is 0 Å². The molecule has 1 aromatic rings. The first-order valence-corrected chi connectivity index (χ1v) is 7.81. The third-order valence-corrected chi connectivity index (χ3v) is 3.95. The first-order valence-electron chi connectivity index (χ1n) is 7.81. The van der Waals surface area contributed by atoms with Gasteiger partial charge in [0.2, 0.25) is 0 Å². The summed E-state index contributed by atoms with van der Waals surface area (Å²) in [6.07, 6.45) is 1.74. The van der Waals surface area contributed by atoms with Crippen molar-refractivity contribution in [3.05, 3.63) is 35.4 Å². The van der Waals surface area contributed by atoms with Crippen LogP contribution < -0.4 is 10.6 Å². The molecule has 0 saturated heterocycles. The minimum absolute atomic E-state index is 0.0509. The molecule has 0 aliphatic heterocycles. The second-order valence-corrected chi connectivity index (χ2v) is 6.22. The summed E-state index contributed by atoms with van der Waals surface area (Å²) in [5, 5.41) is 14.6. The third kappa shape index (κ3) is 4.55. The molecule has 124 valence electrons. The number of amides is 2. The Morgan fingerprint density at radius 3 is 2.09 bits per heavy atom. The summed E-state index contributed by atoms with van der Waals surface area (Å²) in [6, 6.07) is 6.38. The van der Waals surface area contributed by atoms with Gasteiger partial charge in [-0.3, -0.25) is 14.4 Å². The number of benzene rings is 1. The lowest BCUT2D eigenvalue weighted by atomic mass is 10.1. The molecule has 1 aliphatic carbocycles. The monoisotopic (exact) mass is 318 g/mol. The Balaban J connectivity index is 1.93. The van der Waals surface area contributed by atoms with Gasteiger partial charge < -0.3 is 15.7 Å². The highest BCUT2D eigenvalue weighted by atomic mass is 16.4. The summed E-state index contributed by atoms with van der Waals surface area (Å²) in [7, 11) is 0. The van der Waals surface area contributed by atoms with E-state index in [1.54, 1.807) is 24.3 Å². The molecule has 1 fully saturated rings. The van der Waals surface area contributed by atoms with Gasteiger partial charge in [-0.25, -0.2) is 0 Å². The van der Waals surface area contributed by atoms with Crippen LogP contribution in [0.2, 0.25) is 0 Å². The molecule has 6 heteroatoms. The van der Waals surface area contributed by atoms with Crippen LogP contribution in [-0.2, 0) is 4.79 Å². The standard InChI is InChI=1S/C17H22N2O4/c1-10(2)18-15(20)11-3-5-12(6-4-11)16(21)19-14-8-7-13(9-14)17(22)23/h3-6,10,13-14H,7-9H2,1-2H3,(H,18,20)(H,19,21)(H,22,23)/t13-,14+/m0/s1. The highest BCUT2D eigenvalue weighted by Crippen LogP contribution is 2.25. The van der Waals surface area contributed by atoms with Crippen LogP contribution in [0.15, 0.2) is 24.3 Å². The van der Waals surface area contributed by atoms with E-state index in [0.29, 0.717) is 30.4 Å². The van der Waals surface area contributed by atoms with E-state index < -0.39 is 5.97 Å². The van der Waals surface area contributed by atoms with Gasteiger partial charge in [0, 0.05) is 23.2 Å². The van der Waals surface area contributed by atoms with Crippen LogP contribution in [0.5, 0.6) is 0 Å². The van der Waals surface area contributed by atoms with Crippen LogP contribution >= 0.6 is 0 Å². The van der Waals surface area contributed by atoms with Gasteiger partial charge in [-0.1, -0.05) is 0 Å². The molecule has 1 saturated carbocycles. The fourth-order valence-electron chi connectivity index (χ4n) is 2.72. The first kappa shape index (κ1) is 17.0. The van der Waals surface area contributed by atoms with Gasteiger partial charge in [-0.05, 0) is 57.4 Å². The van der Waals surface area contributed by atoms with Gasteiger partial charge >= 0.3 is 5.97 Å². The number of carbonyl (C=O) groups is 3. The number of aliphatic carboxylic acids is 1. The second kappa shape index (κ2) is 7.26. The zero-order valence-electron chi connectivity index (χ0n) is 13.3. The van der Waals surface area contributed by atoms with Crippen molar-refractivity contribution in [3.63, 3.8) is 0 Å². The molecule has 23 heavy (non-hydrogen) atoms. The number of nitrogens with one attached hydrogen (secondary N) is 2. The topological polar surface area (TPSA) is 95.5 Å². The average molecular weight is 318 g/mol. The van der Waals surface area contributed by atoms with E-state index in [4.69, 9.17) is 5.11 Å². The Labute approximate surface area is 135 Å². The van der Waals surface area contributed by atoms with Crippen molar-refractivity contribution in [1.82, 2.24) is 10.6 Å². The fraction of sp³-hybridized carbons (Fsp3) is 0.471. The van der Waals surface area contributed by atoms with Gasteiger partial charge in [0.05, 0.1) is 5.92 Å². The van der Waals surface area contributed by atoms with Gasteiger partial charge in [0.15, 0.2) is 0 Å². The Hall–Kier alpha value is -2.37. The quantitative estimate of drug-likeness (QED) is 0.771. The minimum Gasteiger partial charge on any atom is -0.481 e. The van der Waals surface area contributed by atoms with Crippen molar-refractivity contribution >= 4 is 17.8 Å². The number of carbonyl (C=O) groups excluding carboxylic acids is 2. The lowest BCUT2D eigenvalue weighted by molar-refractivity contribution is -0.141. The lowest BCUT2D eigenvalue weighted by Crippen LogP contribution is -2.33. The number of rotatable bonds is 5. The summed E-state index contributed by atoms with van der Waals surface area (Å²) in [4.78, 5) is 35.0. The van der Waals surface area contributed by atoms with Gasteiger partial charge in [0.25, 0.3) is 11.8 Å². The summed E-state index contributed by atoms with van der Waals surface area (Å²) in [5.41, 5.74) is 0.965. The lowest BCUT2D eigenvalue weighted by Gasteiger charge is -2.13. The van der Waals surface area contributed by atoms with Crippen molar-refractivity contribution < 1.29 is 19.5 Å². The van der Waals surface area contributed by atoms with Crippen LogP contribution in [0.3, 0.4) is 0 Å². The molecule has 0 radical (unpaired) electrons. The van der Waals surface area contributed by atoms with E-state index in [0.717, 1.165) is 0 Å². The molecule has 2 atom stereocenters. The van der Waals surface area contributed by atoms with Gasteiger partial charge in [-0.15, -0.1) is 0 Å². The summed E-state index contributed by atoms with van der Waals surface area (Å²) >= 11 is 0. The summed E-state index contributed by atoms with van der Waals surface area (Å²) < 4.78 is 0. The maximum absolute atomic E-state index is 12.2. The van der Waals surface area contributed by atoms with E-state index in [1.807, 2.05) is 13.8 Å². The maximum atomic E-state index is 12.2. The Morgan fingerprint density at radius 2 is 1.61 bits per heavy atom. The molecule has 1 aromatic carbocycles. The Kier molecular flexibility index (Phi) is 5.36. The largest absolute Gasteiger partial charge is 0.481 e. The van der Waals surface area contributed by atoms with E-state index in [1.165, 1.54) is 0 Å². The Morgan fingerprint density at radius 1 is 1.04 bits per heavy atom. The number of hydrogen-bond donors (Lipinski definition) is 3. The molecule has 3 N–H and O–H groups in total. The molecule has 0 unspecified atom stereocenters. The third-order valence-electron chi connectivity index (χ3n) is 3.95. The second-order valence-electron chi connectivity index (χ2n) is 6.22. The summed E-state index contributed by atoms with van der Waals surface area (Å²) in [6.45, 7) is 3.76. The predicted octanol–water partition coefficient (Wildman–Crippen LogP) is 1.81. The molecule has 1 aliphatic rings. The van der Waals surface area contributed by atoms with Crippen molar-refractivity contribution in [2.45, 2.75) is 45.2 Å². The van der Waals surface area contributed by atoms with E-state index in [2.05, 4.69) is 10.6 Å². The molecule has 0 spiro atoms. The first-order chi connectivity index (χ1) is 10.9. The maximum Gasteiger partial charge on any atom is 0.306 e. The molecule has 0 aromatic heterocycles. The van der Waals surface area contributed by atoms with E-state index >= 15 is 0 Å². The fourth-order valence-corrected chi connectivity index (χ4v) is 2.72. The zero-order valence-corrected chi connectivity index (χ0v) is 13.3. The molecule has 2 rings (SSSR count). The van der Waals surface area contributed by atoms with Crippen LogP contribution in [0, 0.1) is 5.92 Å². The predicted molar refractivity (Wildman–Crippen MR) is 85.3 cm³/mol. The van der Waals surface area contributed by atoms with Gasteiger partial charge in [0.1, 0.15) is 0 Å². The molecular formula is C17H22N2O4. The smallest absolute Gasteiger partial charge is 0.306 e. The van der Waals surface area contributed by atoms with E-state index in [-0.39, 0.29) is 29.8 Å². The SMILES string of the molecule is CC(C)NC(=O)c1ccc(C(=O)N[C@@H]2CC[C@H](C(=O)O)C2)cc1. The number of carboxylic acids is 1. The highest BCUT2D eigenvalue weighted by Gasteiger charge is 2.30.